The summed E-state index contributed by atoms with van der Waals surface area (Å²) < 4.78 is 52.8. The number of nitrogens with one attached hydrogen (secondary N) is 1. The van der Waals surface area contributed by atoms with E-state index < -0.39 is 28.9 Å². The molecule has 48 heavy (non-hydrogen) atoms. The number of anilines is 1. The molecule has 4 aromatic rings. The van der Waals surface area contributed by atoms with Crippen molar-refractivity contribution in [1.29, 1.82) is 0 Å². The minimum atomic E-state index is -1.29. The summed E-state index contributed by atoms with van der Waals surface area (Å²) in [6.07, 6.45) is 11.8. The van der Waals surface area contributed by atoms with Crippen LogP contribution in [0, 0.1) is 24.0 Å². The molecule has 11 heteroatoms. The molecule has 7 rings (SSSR count). The van der Waals surface area contributed by atoms with E-state index in [1.165, 1.54) is 12.3 Å². The Labute approximate surface area is 278 Å². The number of halogens is 3. The SMILES string of the molecule is C#Cc1c(F)ccc2cc(C(C)(C)O)cc(-c3ncc4c(N(C)C[C@H]5CCCCN5)nc(OC[C@@]56CCCN5C[C@H](F)C6)nc4c3F)c12. The van der Waals surface area contributed by atoms with Crippen molar-refractivity contribution in [1.82, 2.24) is 25.2 Å². The van der Waals surface area contributed by atoms with Gasteiger partial charge >= 0.3 is 6.01 Å². The number of ether oxygens (including phenoxy) is 1. The normalized spacial score (nSPS) is 23.0. The predicted molar refractivity (Wildman–Crippen MR) is 181 cm³/mol. The number of nitrogens with zero attached hydrogens (tertiary/aromatic N) is 5. The zero-order valence-corrected chi connectivity index (χ0v) is 27.6. The van der Waals surface area contributed by atoms with Gasteiger partial charge in [-0.15, -0.1) is 6.42 Å². The molecule has 2 N–H and O–H groups in total. The molecular formula is C37H41F3N6O2. The number of benzene rings is 2. The van der Waals surface area contributed by atoms with E-state index in [1.807, 2.05) is 11.9 Å². The van der Waals surface area contributed by atoms with Gasteiger partial charge < -0.3 is 20.1 Å². The summed E-state index contributed by atoms with van der Waals surface area (Å²) in [4.78, 5) is 18.0. The number of hydrogen-bond donors (Lipinski definition) is 2. The van der Waals surface area contributed by atoms with Crippen LogP contribution in [-0.4, -0.2) is 82.5 Å². The number of terminal acetylenes is 1. The Morgan fingerprint density at radius 1 is 1.21 bits per heavy atom. The van der Waals surface area contributed by atoms with Gasteiger partial charge in [-0.05, 0) is 81.8 Å². The van der Waals surface area contributed by atoms with Crippen LogP contribution in [0.5, 0.6) is 6.01 Å². The van der Waals surface area contributed by atoms with Crippen molar-refractivity contribution in [2.75, 3.05) is 44.7 Å². The van der Waals surface area contributed by atoms with Crippen molar-refractivity contribution in [2.45, 2.75) is 75.7 Å². The van der Waals surface area contributed by atoms with Gasteiger partial charge in [-0.2, -0.15) is 9.97 Å². The quantitative estimate of drug-likeness (QED) is 0.228. The monoisotopic (exact) mass is 658 g/mol. The molecule has 0 unspecified atom stereocenters. The maximum Gasteiger partial charge on any atom is 0.319 e. The molecule has 8 nitrogen and oxygen atoms in total. The summed E-state index contributed by atoms with van der Waals surface area (Å²) in [6, 6.07) is 6.36. The van der Waals surface area contributed by atoms with Gasteiger partial charge in [0.1, 0.15) is 35.6 Å². The van der Waals surface area contributed by atoms with E-state index in [0.29, 0.717) is 47.1 Å². The van der Waals surface area contributed by atoms with Gasteiger partial charge in [0.25, 0.3) is 0 Å². The van der Waals surface area contributed by atoms with Crippen molar-refractivity contribution >= 4 is 27.5 Å². The van der Waals surface area contributed by atoms with Crippen molar-refractivity contribution in [3.63, 3.8) is 0 Å². The molecule has 2 aromatic carbocycles. The first-order chi connectivity index (χ1) is 23.0. The number of aliphatic hydroxyl groups is 1. The lowest BCUT2D eigenvalue weighted by molar-refractivity contribution is 0.0788. The van der Waals surface area contributed by atoms with Gasteiger partial charge in [-0.1, -0.05) is 18.4 Å². The zero-order valence-electron chi connectivity index (χ0n) is 27.6. The number of likely N-dealkylation sites (N-methyl/N-ethyl adjacent to an activating group) is 1. The Balaban J connectivity index is 1.38. The van der Waals surface area contributed by atoms with E-state index in [9.17, 15) is 9.50 Å². The highest BCUT2D eigenvalue weighted by molar-refractivity contribution is 6.02. The lowest BCUT2D eigenvalue weighted by Crippen LogP contribution is -2.44. The Morgan fingerprint density at radius 2 is 2.04 bits per heavy atom. The smallest absolute Gasteiger partial charge is 0.319 e. The molecule has 0 saturated carbocycles. The molecule has 3 atom stereocenters. The molecule has 3 fully saturated rings. The summed E-state index contributed by atoms with van der Waals surface area (Å²) in [5.41, 5.74) is -1.15. The topological polar surface area (TPSA) is 86.6 Å². The average Bonchev–Trinajstić information content (AvgIpc) is 3.59. The number of piperidine rings is 1. The molecule has 3 saturated heterocycles. The van der Waals surface area contributed by atoms with E-state index in [1.54, 1.807) is 32.0 Å². The highest BCUT2D eigenvalue weighted by Gasteiger charge is 2.49. The summed E-state index contributed by atoms with van der Waals surface area (Å²) >= 11 is 0. The summed E-state index contributed by atoms with van der Waals surface area (Å²) in [6.45, 7) is 6.18. The van der Waals surface area contributed by atoms with Crippen molar-refractivity contribution in [2.24, 2.45) is 0 Å². The second-order valence-electron chi connectivity index (χ2n) is 14.2. The van der Waals surface area contributed by atoms with Gasteiger partial charge in [-0.25, -0.2) is 13.2 Å². The summed E-state index contributed by atoms with van der Waals surface area (Å²) in [7, 11) is 1.90. The molecular weight excluding hydrogens is 617 g/mol. The lowest BCUT2D eigenvalue weighted by Gasteiger charge is -2.31. The Bertz CT molecular complexity index is 1920. The second-order valence-corrected chi connectivity index (χ2v) is 14.2. The van der Waals surface area contributed by atoms with E-state index in [2.05, 4.69) is 26.1 Å². The Hall–Kier alpha value is -3.98. The minimum Gasteiger partial charge on any atom is -0.461 e. The van der Waals surface area contributed by atoms with Crippen LogP contribution in [0.2, 0.25) is 0 Å². The molecule has 5 heterocycles. The van der Waals surface area contributed by atoms with Gasteiger partial charge in [-0.3, -0.25) is 9.88 Å². The highest BCUT2D eigenvalue weighted by Crippen LogP contribution is 2.42. The van der Waals surface area contributed by atoms with Crippen LogP contribution in [0.3, 0.4) is 0 Å². The Kier molecular flexibility index (Phi) is 8.47. The molecule has 0 aliphatic carbocycles. The molecule has 0 amide bonds. The standard InChI is InChI=1S/C37H41F3N6O2/c1-5-26-29(39)11-10-22-15-23(36(2,3)47)16-27(30(22)26)32-31(40)33-28(18-42-32)34(45(4)20-25-9-6-7-13-41-25)44-35(43-33)48-21-37-12-8-14-46(37)19-24(38)17-37/h1,10-11,15-16,18,24-25,41,47H,6-9,12-14,17,19-21H2,2-4H3/t24-,25-,37+/m1/s1. The zero-order chi connectivity index (χ0) is 33.8. The van der Waals surface area contributed by atoms with Crippen LogP contribution in [0.1, 0.15) is 63.5 Å². The van der Waals surface area contributed by atoms with Crippen LogP contribution in [0.4, 0.5) is 19.0 Å². The fourth-order valence-corrected chi connectivity index (χ4v) is 7.83. The van der Waals surface area contributed by atoms with E-state index >= 15 is 8.78 Å². The largest absolute Gasteiger partial charge is 0.461 e. The summed E-state index contributed by atoms with van der Waals surface area (Å²) in [5, 5.41) is 15.7. The number of fused-ring (bicyclic) bond motifs is 3. The van der Waals surface area contributed by atoms with Crippen LogP contribution in [0.15, 0.2) is 30.5 Å². The van der Waals surface area contributed by atoms with Crippen LogP contribution in [-0.2, 0) is 5.60 Å². The lowest BCUT2D eigenvalue weighted by atomic mass is 9.89. The maximum atomic E-state index is 17.0. The van der Waals surface area contributed by atoms with Gasteiger partial charge in [0.05, 0.1) is 22.1 Å². The van der Waals surface area contributed by atoms with Gasteiger partial charge in [0.15, 0.2) is 5.82 Å². The first kappa shape index (κ1) is 32.6. The molecule has 0 spiro atoms. The molecule has 0 bridgehead atoms. The van der Waals surface area contributed by atoms with Crippen molar-refractivity contribution in [3.05, 3.63) is 53.2 Å². The average molecular weight is 659 g/mol. The van der Waals surface area contributed by atoms with Crippen molar-refractivity contribution in [3.8, 4) is 29.6 Å². The van der Waals surface area contributed by atoms with Crippen LogP contribution < -0.4 is 15.0 Å². The fraction of sp³-hybridized carbons (Fsp3) is 0.486. The first-order valence-corrected chi connectivity index (χ1v) is 16.8. The van der Waals surface area contributed by atoms with E-state index in [0.717, 1.165) is 45.2 Å². The van der Waals surface area contributed by atoms with Gasteiger partial charge in [0, 0.05) is 49.7 Å². The van der Waals surface area contributed by atoms with E-state index in [4.69, 9.17) is 16.1 Å². The number of aromatic nitrogens is 3. The third kappa shape index (κ3) is 5.84. The number of alkyl halides is 1. The third-order valence-electron chi connectivity index (χ3n) is 10.3. The molecule has 0 radical (unpaired) electrons. The minimum absolute atomic E-state index is 0.00834. The first-order valence-electron chi connectivity index (χ1n) is 16.8. The predicted octanol–water partition coefficient (Wildman–Crippen LogP) is 5.87. The summed E-state index contributed by atoms with van der Waals surface area (Å²) in [5.74, 6) is 1.51. The molecule has 252 valence electrons. The van der Waals surface area contributed by atoms with Gasteiger partial charge in [0.2, 0.25) is 0 Å². The second kappa shape index (κ2) is 12.5. The van der Waals surface area contributed by atoms with Crippen molar-refractivity contribution < 1.29 is 23.0 Å². The van der Waals surface area contributed by atoms with Crippen LogP contribution in [0.25, 0.3) is 32.9 Å². The third-order valence-corrected chi connectivity index (χ3v) is 10.3. The van der Waals surface area contributed by atoms with E-state index in [-0.39, 0.29) is 41.0 Å². The number of hydrogen-bond acceptors (Lipinski definition) is 8. The number of rotatable bonds is 8. The fourth-order valence-electron chi connectivity index (χ4n) is 7.83. The molecule has 3 aliphatic rings. The molecule has 2 aromatic heterocycles. The highest BCUT2D eigenvalue weighted by atomic mass is 19.1. The van der Waals surface area contributed by atoms with Crippen LogP contribution >= 0.6 is 0 Å². The molecule has 3 aliphatic heterocycles. The maximum absolute atomic E-state index is 17.0. The number of pyridine rings is 1. The Morgan fingerprint density at radius 3 is 2.79 bits per heavy atom.